The fraction of sp³-hybridized carbons (Fsp3) is 0.214. The van der Waals surface area contributed by atoms with E-state index in [-0.39, 0.29) is 6.61 Å². The lowest BCUT2D eigenvalue weighted by Gasteiger charge is -2.30. The molecular formula is C14H14N4O3. The van der Waals surface area contributed by atoms with Gasteiger partial charge in [0.2, 0.25) is 0 Å². The maximum atomic E-state index is 11.9. The first-order valence-electron chi connectivity index (χ1n) is 6.49. The van der Waals surface area contributed by atoms with Crippen LogP contribution in [-0.4, -0.2) is 34.0 Å². The summed E-state index contributed by atoms with van der Waals surface area (Å²) in [4.78, 5) is 11.9. The molecule has 108 valence electrons. The monoisotopic (exact) mass is 286 g/mol. The molecule has 0 radical (unpaired) electrons. The van der Waals surface area contributed by atoms with Crippen molar-refractivity contribution >= 4 is 11.8 Å². The van der Waals surface area contributed by atoms with Crippen molar-refractivity contribution in [1.82, 2.24) is 15.5 Å². The molecule has 3 rings (SSSR count). The first kappa shape index (κ1) is 13.3. The van der Waals surface area contributed by atoms with E-state index in [9.17, 15) is 9.90 Å². The van der Waals surface area contributed by atoms with Crippen LogP contribution < -0.4 is 15.4 Å². The van der Waals surface area contributed by atoms with Crippen LogP contribution in [0.3, 0.4) is 0 Å². The van der Waals surface area contributed by atoms with E-state index in [2.05, 4.69) is 20.8 Å². The lowest BCUT2D eigenvalue weighted by molar-refractivity contribution is 0.0786. The van der Waals surface area contributed by atoms with Crippen LogP contribution in [0.1, 0.15) is 11.7 Å². The van der Waals surface area contributed by atoms with Gasteiger partial charge in [-0.25, -0.2) is 4.79 Å². The van der Waals surface area contributed by atoms with Gasteiger partial charge in [-0.1, -0.05) is 18.2 Å². The van der Waals surface area contributed by atoms with Crippen molar-refractivity contribution in [3.8, 4) is 5.75 Å². The normalized spacial score (nSPS) is 20.0. The highest BCUT2D eigenvalue weighted by Gasteiger charge is 2.30. The Bertz CT molecular complexity index is 635. The number of aliphatic hydroxyl groups excluding tert-OH is 1. The Labute approximate surface area is 121 Å². The zero-order chi connectivity index (χ0) is 14.7. The van der Waals surface area contributed by atoms with E-state index in [1.807, 2.05) is 12.1 Å². The van der Waals surface area contributed by atoms with Crippen LogP contribution in [0.4, 0.5) is 10.6 Å². The third-order valence-electron chi connectivity index (χ3n) is 3.17. The van der Waals surface area contributed by atoms with Crippen molar-refractivity contribution in [2.24, 2.45) is 0 Å². The number of para-hydroxylation sites is 1. The molecule has 1 aromatic heterocycles. The molecule has 21 heavy (non-hydrogen) atoms. The third-order valence-corrected chi connectivity index (χ3v) is 3.17. The van der Waals surface area contributed by atoms with Gasteiger partial charge in [-0.15, -0.1) is 5.10 Å². The molecule has 7 heteroatoms. The molecule has 7 nitrogen and oxygen atoms in total. The lowest BCUT2D eigenvalue weighted by Crippen LogP contribution is -2.47. The van der Waals surface area contributed by atoms with Crippen molar-refractivity contribution in [1.29, 1.82) is 0 Å². The Morgan fingerprint density at radius 1 is 1.29 bits per heavy atom. The van der Waals surface area contributed by atoms with Gasteiger partial charge in [0, 0.05) is 11.8 Å². The average molecular weight is 286 g/mol. The number of aliphatic hydroxyl groups is 1. The van der Waals surface area contributed by atoms with Gasteiger partial charge in [0.15, 0.2) is 5.82 Å². The van der Waals surface area contributed by atoms with Gasteiger partial charge >= 0.3 is 6.03 Å². The number of aromatic nitrogens is 2. The Morgan fingerprint density at radius 2 is 2.14 bits per heavy atom. The average Bonchev–Trinajstić information content (AvgIpc) is 2.51. The zero-order valence-electron chi connectivity index (χ0n) is 11.1. The molecule has 0 spiro atoms. The Kier molecular flexibility index (Phi) is 3.65. The molecule has 3 N–H and O–H groups in total. The van der Waals surface area contributed by atoms with E-state index in [4.69, 9.17) is 4.74 Å². The minimum absolute atomic E-state index is 0.200. The van der Waals surface area contributed by atoms with Gasteiger partial charge in [-0.05, 0) is 18.2 Å². The standard InChI is InChI=1S/C14H14N4O3/c19-13-9-4-1-2-5-11(9)21-8-10(13)16-14(20)17-12-6-3-7-15-18-12/h1-7,10,13,19H,8H2,(H2,16,17,18,20). The molecule has 0 fully saturated rings. The summed E-state index contributed by atoms with van der Waals surface area (Å²) in [6.07, 6.45) is 0.696. The predicted octanol–water partition coefficient (Wildman–Crippen LogP) is 1.09. The molecule has 0 saturated heterocycles. The molecule has 2 unspecified atom stereocenters. The molecule has 0 aliphatic carbocycles. The molecule has 2 aromatic rings. The van der Waals surface area contributed by atoms with Crippen LogP contribution in [0.5, 0.6) is 5.75 Å². The SMILES string of the molecule is O=C(Nc1cccnn1)NC1COc2ccccc2C1O. The van der Waals surface area contributed by atoms with E-state index in [1.54, 1.807) is 24.3 Å². The number of ether oxygens (including phenoxy) is 1. The lowest BCUT2D eigenvalue weighted by atomic mass is 9.99. The van der Waals surface area contributed by atoms with E-state index in [0.717, 1.165) is 0 Å². The largest absolute Gasteiger partial charge is 0.491 e. The molecule has 1 aromatic carbocycles. The summed E-state index contributed by atoms with van der Waals surface area (Å²) in [6, 6.07) is 9.49. The number of hydrogen-bond donors (Lipinski definition) is 3. The first-order chi connectivity index (χ1) is 10.2. The number of carbonyl (C=O) groups excluding carboxylic acids is 1. The molecule has 1 aliphatic heterocycles. The predicted molar refractivity (Wildman–Crippen MR) is 74.9 cm³/mol. The summed E-state index contributed by atoms with van der Waals surface area (Å²) < 4.78 is 5.53. The summed E-state index contributed by atoms with van der Waals surface area (Å²) >= 11 is 0. The summed E-state index contributed by atoms with van der Waals surface area (Å²) in [6.45, 7) is 0.200. The minimum atomic E-state index is -0.817. The van der Waals surface area contributed by atoms with Crippen LogP contribution in [0, 0.1) is 0 Å². The van der Waals surface area contributed by atoms with Crippen molar-refractivity contribution < 1.29 is 14.6 Å². The number of nitrogens with one attached hydrogen (secondary N) is 2. The molecule has 1 aliphatic rings. The molecule has 0 saturated carbocycles. The number of carbonyl (C=O) groups is 1. The number of urea groups is 1. The zero-order valence-corrected chi connectivity index (χ0v) is 11.1. The van der Waals surface area contributed by atoms with Crippen molar-refractivity contribution in [3.05, 3.63) is 48.2 Å². The molecule has 2 amide bonds. The maximum absolute atomic E-state index is 11.9. The first-order valence-corrected chi connectivity index (χ1v) is 6.49. The smallest absolute Gasteiger partial charge is 0.320 e. The van der Waals surface area contributed by atoms with Gasteiger partial charge in [0.05, 0.1) is 6.04 Å². The summed E-state index contributed by atoms with van der Waals surface area (Å²) in [5.74, 6) is 0.971. The fourth-order valence-electron chi connectivity index (χ4n) is 2.15. The van der Waals surface area contributed by atoms with Crippen molar-refractivity contribution in [3.63, 3.8) is 0 Å². The second kappa shape index (κ2) is 5.76. The van der Waals surface area contributed by atoms with Crippen LogP contribution in [0.25, 0.3) is 0 Å². The number of fused-ring (bicyclic) bond motifs is 1. The van der Waals surface area contributed by atoms with E-state index in [1.165, 1.54) is 6.20 Å². The molecule has 2 atom stereocenters. The van der Waals surface area contributed by atoms with Gasteiger partial charge in [0.1, 0.15) is 18.5 Å². The molecule has 2 heterocycles. The summed E-state index contributed by atoms with van der Waals surface area (Å²) in [5.41, 5.74) is 0.661. The highest BCUT2D eigenvalue weighted by molar-refractivity contribution is 5.88. The number of anilines is 1. The number of amides is 2. The number of benzene rings is 1. The topological polar surface area (TPSA) is 96.4 Å². The van der Waals surface area contributed by atoms with Crippen molar-refractivity contribution in [2.45, 2.75) is 12.1 Å². The van der Waals surface area contributed by atoms with Crippen LogP contribution in [-0.2, 0) is 0 Å². The molecular weight excluding hydrogens is 272 g/mol. The molecule has 0 bridgehead atoms. The highest BCUT2D eigenvalue weighted by Crippen LogP contribution is 2.31. The Morgan fingerprint density at radius 3 is 2.95 bits per heavy atom. The van der Waals surface area contributed by atoms with E-state index in [0.29, 0.717) is 17.1 Å². The van der Waals surface area contributed by atoms with Gasteiger partial charge in [-0.3, -0.25) is 5.32 Å². The second-order valence-electron chi connectivity index (χ2n) is 4.61. The number of rotatable bonds is 2. The Hall–Kier alpha value is -2.67. The Balaban J connectivity index is 1.65. The van der Waals surface area contributed by atoms with Crippen LogP contribution in [0.15, 0.2) is 42.6 Å². The fourth-order valence-corrected chi connectivity index (χ4v) is 2.15. The van der Waals surface area contributed by atoms with Gasteiger partial charge < -0.3 is 15.2 Å². The quantitative estimate of drug-likeness (QED) is 0.768. The van der Waals surface area contributed by atoms with Gasteiger partial charge in [-0.2, -0.15) is 5.10 Å². The van der Waals surface area contributed by atoms with Crippen LogP contribution in [0.2, 0.25) is 0 Å². The van der Waals surface area contributed by atoms with Crippen molar-refractivity contribution in [2.75, 3.05) is 11.9 Å². The maximum Gasteiger partial charge on any atom is 0.320 e. The van der Waals surface area contributed by atoms with Gasteiger partial charge in [0.25, 0.3) is 0 Å². The highest BCUT2D eigenvalue weighted by atomic mass is 16.5. The van der Waals surface area contributed by atoms with E-state index < -0.39 is 18.2 Å². The number of nitrogens with zero attached hydrogens (tertiary/aromatic N) is 2. The third kappa shape index (κ3) is 2.92. The van der Waals surface area contributed by atoms with E-state index >= 15 is 0 Å². The van der Waals surface area contributed by atoms with Crippen LogP contribution >= 0.6 is 0 Å². The summed E-state index contributed by atoms with van der Waals surface area (Å²) in [5, 5.41) is 22.9. The minimum Gasteiger partial charge on any atom is -0.491 e. The second-order valence-corrected chi connectivity index (χ2v) is 4.61. The number of hydrogen-bond acceptors (Lipinski definition) is 5. The summed E-state index contributed by atoms with van der Waals surface area (Å²) in [7, 11) is 0.